The number of para-hydroxylation sites is 1. The third-order valence-electron chi connectivity index (χ3n) is 4.29. The van der Waals surface area contributed by atoms with Crippen LogP contribution in [0.1, 0.15) is 23.1 Å². The van der Waals surface area contributed by atoms with Crippen LogP contribution in [0.2, 0.25) is 0 Å². The van der Waals surface area contributed by atoms with Crippen LogP contribution in [-0.2, 0) is 6.42 Å². The van der Waals surface area contributed by atoms with Gasteiger partial charge in [-0.05, 0) is 43.3 Å². The van der Waals surface area contributed by atoms with E-state index in [9.17, 15) is 4.39 Å². The Hall–Kier alpha value is -3.12. The number of halogens is 1. The maximum absolute atomic E-state index is 14.1. The Morgan fingerprint density at radius 2 is 1.96 bits per heavy atom. The molecule has 2 N–H and O–H groups in total. The number of fused-ring (bicyclic) bond motifs is 1. The van der Waals surface area contributed by atoms with Crippen LogP contribution >= 0.6 is 0 Å². The van der Waals surface area contributed by atoms with Crippen LogP contribution in [0.5, 0.6) is 0 Å². The number of aromatic nitrogens is 3. The normalized spacial score (nSPS) is 12.4. The van der Waals surface area contributed by atoms with Crippen LogP contribution in [0.25, 0.3) is 22.2 Å². The van der Waals surface area contributed by atoms with Gasteiger partial charge >= 0.3 is 0 Å². The highest BCUT2D eigenvalue weighted by atomic mass is 19.1. The number of nitrogens with zero attached hydrogens (tertiary/aromatic N) is 3. The van der Waals surface area contributed by atoms with Crippen LogP contribution < -0.4 is 5.73 Å². The molecule has 0 aliphatic heterocycles. The summed E-state index contributed by atoms with van der Waals surface area (Å²) in [5, 5.41) is 5.07. The second-order valence-corrected chi connectivity index (χ2v) is 6.16. The first-order valence-corrected chi connectivity index (χ1v) is 8.31. The summed E-state index contributed by atoms with van der Waals surface area (Å²) >= 11 is 0. The number of hydrogen-bond acceptors (Lipinski definition) is 5. The van der Waals surface area contributed by atoms with E-state index in [0.29, 0.717) is 22.7 Å². The molecule has 0 radical (unpaired) electrons. The fraction of sp³-hybridized carbons (Fsp3) is 0.150. The summed E-state index contributed by atoms with van der Waals surface area (Å²) in [6, 6.07) is 13.8. The first kappa shape index (κ1) is 16.4. The number of hydrogen-bond donors (Lipinski definition) is 1. The molecule has 0 fully saturated rings. The zero-order valence-electron chi connectivity index (χ0n) is 14.2. The Balaban J connectivity index is 1.75. The standard InChI is InChI=1S/C20H17FN4O/c1-12-8-9-15(21)17(24-12)11-16(22)20-14(6-4-10-23-20)19-13-5-2-3-7-18(13)26-25-19/h2-10,16H,11,22H2,1H3/t16-/m0/s1. The number of pyridine rings is 2. The highest BCUT2D eigenvalue weighted by Gasteiger charge is 2.20. The highest BCUT2D eigenvalue weighted by molar-refractivity contribution is 5.92. The Bertz CT molecular complexity index is 1080. The number of aryl methyl sites for hydroxylation is 1. The molecular formula is C20H17FN4O. The predicted octanol–water partition coefficient (Wildman–Crippen LogP) is 3.97. The predicted molar refractivity (Wildman–Crippen MR) is 96.8 cm³/mol. The van der Waals surface area contributed by atoms with Crippen molar-refractivity contribution in [1.82, 2.24) is 15.1 Å². The van der Waals surface area contributed by atoms with Crippen molar-refractivity contribution in [3.05, 3.63) is 77.6 Å². The monoisotopic (exact) mass is 348 g/mol. The van der Waals surface area contributed by atoms with Crippen LogP contribution in [0, 0.1) is 12.7 Å². The van der Waals surface area contributed by atoms with Gasteiger partial charge in [-0.25, -0.2) is 4.39 Å². The lowest BCUT2D eigenvalue weighted by Gasteiger charge is -2.14. The Morgan fingerprint density at radius 1 is 1.12 bits per heavy atom. The van der Waals surface area contributed by atoms with Crippen molar-refractivity contribution in [1.29, 1.82) is 0 Å². The minimum atomic E-state index is -0.523. The summed E-state index contributed by atoms with van der Waals surface area (Å²) in [5.74, 6) is -0.365. The molecule has 0 aliphatic carbocycles. The van der Waals surface area contributed by atoms with E-state index in [0.717, 1.165) is 16.6 Å². The van der Waals surface area contributed by atoms with Gasteiger partial charge in [-0.3, -0.25) is 9.97 Å². The summed E-state index contributed by atoms with van der Waals surface area (Å²) in [7, 11) is 0. The van der Waals surface area contributed by atoms with Crippen molar-refractivity contribution in [3.8, 4) is 11.3 Å². The Morgan fingerprint density at radius 3 is 2.85 bits per heavy atom. The Labute approximate surface area is 149 Å². The molecule has 1 aromatic carbocycles. The lowest BCUT2D eigenvalue weighted by Crippen LogP contribution is -2.18. The quantitative estimate of drug-likeness (QED) is 0.604. The zero-order chi connectivity index (χ0) is 18.1. The van der Waals surface area contributed by atoms with E-state index in [1.807, 2.05) is 43.3 Å². The van der Waals surface area contributed by atoms with E-state index in [1.165, 1.54) is 6.07 Å². The van der Waals surface area contributed by atoms with Gasteiger partial charge in [-0.1, -0.05) is 17.3 Å². The molecule has 0 bridgehead atoms. The molecule has 0 saturated heterocycles. The highest BCUT2D eigenvalue weighted by Crippen LogP contribution is 2.32. The van der Waals surface area contributed by atoms with Gasteiger partial charge in [-0.2, -0.15) is 0 Å². The molecule has 0 unspecified atom stereocenters. The zero-order valence-corrected chi connectivity index (χ0v) is 14.2. The topological polar surface area (TPSA) is 77.8 Å². The van der Waals surface area contributed by atoms with Crippen molar-refractivity contribution < 1.29 is 8.91 Å². The van der Waals surface area contributed by atoms with Crippen LogP contribution in [0.3, 0.4) is 0 Å². The third kappa shape index (κ3) is 2.95. The first-order chi connectivity index (χ1) is 12.6. The van der Waals surface area contributed by atoms with Crippen molar-refractivity contribution in [2.45, 2.75) is 19.4 Å². The SMILES string of the molecule is Cc1ccc(F)c(C[C@H](N)c2ncccc2-c2noc3ccccc23)n1. The van der Waals surface area contributed by atoms with E-state index in [4.69, 9.17) is 10.3 Å². The van der Waals surface area contributed by atoms with Gasteiger partial charge in [-0.15, -0.1) is 0 Å². The van der Waals surface area contributed by atoms with Gasteiger partial charge in [0.25, 0.3) is 0 Å². The van der Waals surface area contributed by atoms with Gasteiger partial charge in [0.2, 0.25) is 0 Å². The van der Waals surface area contributed by atoms with Crippen LogP contribution in [-0.4, -0.2) is 15.1 Å². The molecule has 0 saturated carbocycles. The summed E-state index contributed by atoms with van der Waals surface area (Å²) in [6.45, 7) is 1.82. The molecule has 6 heteroatoms. The second kappa shape index (κ2) is 6.65. The summed E-state index contributed by atoms with van der Waals surface area (Å²) < 4.78 is 19.5. The van der Waals surface area contributed by atoms with Crippen LogP contribution in [0.4, 0.5) is 4.39 Å². The fourth-order valence-electron chi connectivity index (χ4n) is 3.03. The second-order valence-electron chi connectivity index (χ2n) is 6.16. The summed E-state index contributed by atoms with van der Waals surface area (Å²) in [5.41, 5.74) is 10.2. The summed E-state index contributed by atoms with van der Waals surface area (Å²) in [6.07, 6.45) is 1.91. The molecule has 3 aromatic heterocycles. The van der Waals surface area contributed by atoms with E-state index in [2.05, 4.69) is 15.1 Å². The van der Waals surface area contributed by atoms with E-state index < -0.39 is 6.04 Å². The largest absolute Gasteiger partial charge is 0.356 e. The van der Waals surface area contributed by atoms with Gasteiger partial charge in [0.15, 0.2) is 5.58 Å². The number of rotatable bonds is 4. The number of nitrogens with two attached hydrogens (primary N) is 1. The van der Waals surface area contributed by atoms with Crippen molar-refractivity contribution >= 4 is 11.0 Å². The Kier molecular flexibility index (Phi) is 4.18. The minimum Gasteiger partial charge on any atom is -0.356 e. The molecule has 0 amide bonds. The third-order valence-corrected chi connectivity index (χ3v) is 4.29. The number of benzene rings is 1. The molecule has 26 heavy (non-hydrogen) atoms. The molecule has 4 rings (SSSR count). The average Bonchev–Trinajstić information content (AvgIpc) is 3.08. The summed E-state index contributed by atoms with van der Waals surface area (Å²) in [4.78, 5) is 8.70. The van der Waals surface area contributed by atoms with Gasteiger partial charge in [0.1, 0.15) is 11.5 Å². The minimum absolute atomic E-state index is 0.243. The fourth-order valence-corrected chi connectivity index (χ4v) is 3.03. The maximum atomic E-state index is 14.1. The first-order valence-electron chi connectivity index (χ1n) is 8.31. The van der Waals surface area contributed by atoms with Gasteiger partial charge < -0.3 is 10.3 Å². The van der Waals surface area contributed by atoms with E-state index in [1.54, 1.807) is 12.3 Å². The molecule has 0 spiro atoms. The lowest BCUT2D eigenvalue weighted by atomic mass is 9.99. The van der Waals surface area contributed by atoms with E-state index in [-0.39, 0.29) is 12.2 Å². The molecular weight excluding hydrogens is 331 g/mol. The van der Waals surface area contributed by atoms with Crippen LogP contribution in [0.15, 0.2) is 59.3 Å². The maximum Gasteiger partial charge on any atom is 0.167 e. The van der Waals surface area contributed by atoms with Crippen molar-refractivity contribution in [3.63, 3.8) is 0 Å². The molecule has 0 aliphatic rings. The van der Waals surface area contributed by atoms with Gasteiger partial charge in [0.05, 0.1) is 17.4 Å². The average molecular weight is 348 g/mol. The van der Waals surface area contributed by atoms with Gasteiger partial charge in [0, 0.05) is 29.3 Å². The molecule has 4 aromatic rings. The van der Waals surface area contributed by atoms with Crippen molar-refractivity contribution in [2.75, 3.05) is 0 Å². The lowest BCUT2D eigenvalue weighted by molar-refractivity contribution is 0.459. The van der Waals surface area contributed by atoms with Crippen molar-refractivity contribution in [2.24, 2.45) is 5.73 Å². The molecule has 130 valence electrons. The molecule has 1 atom stereocenters. The molecule has 3 heterocycles. The van der Waals surface area contributed by atoms with E-state index >= 15 is 0 Å². The molecule has 5 nitrogen and oxygen atoms in total. The smallest absolute Gasteiger partial charge is 0.167 e.